The molecule has 0 unspecified atom stereocenters. The molecule has 1 fully saturated rings. The summed E-state index contributed by atoms with van der Waals surface area (Å²) < 4.78 is 30.0. The number of hydrogen-bond acceptors (Lipinski definition) is 3. The molecule has 0 bridgehead atoms. The predicted octanol–water partition coefficient (Wildman–Crippen LogP) is 3.93. The summed E-state index contributed by atoms with van der Waals surface area (Å²) in [6, 6.07) is 11.8. The molecular weight excluding hydrogens is 454 g/mol. The first kappa shape index (κ1) is 20.7. The standard InChI is InChI=1S/C22H21BrF2N4O/c23-19-12-26-29(15-19)13-16-3-1-4-17(11-16)22(30)28-9-7-27(8-10-28)14-18-5-2-6-20(24)21(18)25/h1-6,11-12,15H,7-10,13-14H2. The zero-order chi connectivity index (χ0) is 21.1. The van der Waals surface area contributed by atoms with Gasteiger partial charge >= 0.3 is 0 Å². The molecule has 0 N–H and O–H groups in total. The highest BCUT2D eigenvalue weighted by atomic mass is 79.9. The second-order valence-electron chi connectivity index (χ2n) is 7.34. The van der Waals surface area contributed by atoms with Crippen LogP contribution in [0.4, 0.5) is 8.78 Å². The fourth-order valence-electron chi connectivity index (χ4n) is 3.62. The maximum atomic E-state index is 13.9. The topological polar surface area (TPSA) is 41.4 Å². The minimum Gasteiger partial charge on any atom is -0.336 e. The zero-order valence-electron chi connectivity index (χ0n) is 16.3. The van der Waals surface area contributed by atoms with Gasteiger partial charge in [-0.25, -0.2) is 8.78 Å². The highest BCUT2D eigenvalue weighted by Crippen LogP contribution is 2.17. The first-order valence-corrected chi connectivity index (χ1v) is 10.5. The predicted molar refractivity (Wildman–Crippen MR) is 113 cm³/mol. The van der Waals surface area contributed by atoms with Crippen molar-refractivity contribution in [1.82, 2.24) is 19.6 Å². The van der Waals surface area contributed by atoms with Gasteiger partial charge in [0, 0.05) is 50.0 Å². The van der Waals surface area contributed by atoms with Crippen LogP contribution in [0.1, 0.15) is 21.5 Å². The molecule has 1 amide bonds. The molecule has 1 aliphatic rings. The Balaban J connectivity index is 1.36. The third kappa shape index (κ3) is 4.76. The fraction of sp³-hybridized carbons (Fsp3) is 0.273. The molecule has 4 rings (SSSR count). The van der Waals surface area contributed by atoms with Crippen molar-refractivity contribution in [2.75, 3.05) is 26.2 Å². The first-order valence-electron chi connectivity index (χ1n) is 9.71. The van der Waals surface area contributed by atoms with Gasteiger partial charge in [-0.1, -0.05) is 24.3 Å². The summed E-state index contributed by atoms with van der Waals surface area (Å²) in [6.07, 6.45) is 3.61. The summed E-state index contributed by atoms with van der Waals surface area (Å²) in [5.74, 6) is -1.64. The Labute approximate surface area is 182 Å². The van der Waals surface area contributed by atoms with Crippen LogP contribution in [-0.4, -0.2) is 51.7 Å². The largest absolute Gasteiger partial charge is 0.336 e. The molecule has 2 heterocycles. The SMILES string of the molecule is O=C(c1cccc(Cn2cc(Br)cn2)c1)N1CCN(Cc2cccc(F)c2F)CC1. The molecule has 0 saturated carbocycles. The minimum absolute atomic E-state index is 0.0184. The first-order chi connectivity index (χ1) is 14.5. The van der Waals surface area contributed by atoms with Gasteiger partial charge in [-0.2, -0.15) is 5.10 Å². The fourth-order valence-corrected chi connectivity index (χ4v) is 3.95. The van der Waals surface area contributed by atoms with Gasteiger partial charge in [0.25, 0.3) is 5.91 Å². The Kier molecular flexibility index (Phi) is 6.24. The lowest BCUT2D eigenvalue weighted by Gasteiger charge is -2.35. The van der Waals surface area contributed by atoms with E-state index >= 15 is 0 Å². The Morgan fingerprint density at radius 1 is 1.03 bits per heavy atom. The van der Waals surface area contributed by atoms with E-state index < -0.39 is 11.6 Å². The molecule has 0 spiro atoms. The molecule has 0 aliphatic carbocycles. The van der Waals surface area contributed by atoms with Crippen molar-refractivity contribution in [2.24, 2.45) is 0 Å². The van der Waals surface area contributed by atoms with Crippen LogP contribution in [-0.2, 0) is 13.1 Å². The summed E-state index contributed by atoms with van der Waals surface area (Å²) in [6.45, 7) is 3.24. The number of hydrogen-bond donors (Lipinski definition) is 0. The maximum Gasteiger partial charge on any atom is 0.253 e. The molecule has 8 heteroatoms. The Morgan fingerprint density at radius 2 is 1.80 bits per heavy atom. The monoisotopic (exact) mass is 474 g/mol. The van der Waals surface area contributed by atoms with Crippen molar-refractivity contribution in [3.05, 3.63) is 87.7 Å². The maximum absolute atomic E-state index is 13.9. The number of benzene rings is 2. The number of carbonyl (C=O) groups excluding carboxylic acids is 1. The molecule has 2 aromatic carbocycles. The van der Waals surface area contributed by atoms with E-state index in [2.05, 4.69) is 21.0 Å². The summed E-state index contributed by atoms with van der Waals surface area (Å²) in [5.41, 5.74) is 1.98. The number of amides is 1. The van der Waals surface area contributed by atoms with Crippen molar-refractivity contribution >= 4 is 21.8 Å². The molecule has 1 saturated heterocycles. The van der Waals surface area contributed by atoms with Crippen molar-refractivity contribution in [3.63, 3.8) is 0 Å². The number of rotatable bonds is 5. The van der Waals surface area contributed by atoms with Crippen molar-refractivity contribution in [1.29, 1.82) is 0 Å². The second-order valence-corrected chi connectivity index (χ2v) is 8.25. The van der Waals surface area contributed by atoms with Crippen LogP contribution in [0.2, 0.25) is 0 Å². The van der Waals surface area contributed by atoms with Gasteiger partial charge in [-0.3, -0.25) is 14.4 Å². The third-order valence-electron chi connectivity index (χ3n) is 5.21. The number of carbonyl (C=O) groups is 1. The summed E-state index contributed by atoms with van der Waals surface area (Å²) in [4.78, 5) is 16.8. The van der Waals surface area contributed by atoms with Crippen LogP contribution >= 0.6 is 15.9 Å². The van der Waals surface area contributed by atoms with Gasteiger partial charge in [-0.15, -0.1) is 0 Å². The van der Waals surface area contributed by atoms with Gasteiger partial charge in [0.1, 0.15) is 0 Å². The number of halogens is 3. The Hall–Kier alpha value is -2.58. The lowest BCUT2D eigenvalue weighted by Crippen LogP contribution is -2.48. The van der Waals surface area contributed by atoms with E-state index in [0.29, 0.717) is 50.4 Å². The lowest BCUT2D eigenvalue weighted by atomic mass is 10.1. The molecule has 1 aromatic heterocycles. The number of piperazine rings is 1. The Morgan fingerprint density at radius 3 is 2.53 bits per heavy atom. The van der Waals surface area contributed by atoms with E-state index in [1.54, 1.807) is 16.9 Å². The van der Waals surface area contributed by atoms with Crippen LogP contribution in [0.3, 0.4) is 0 Å². The van der Waals surface area contributed by atoms with E-state index in [1.807, 2.05) is 40.3 Å². The molecule has 0 atom stereocenters. The van der Waals surface area contributed by atoms with Crippen LogP contribution in [0.5, 0.6) is 0 Å². The molecule has 0 radical (unpaired) electrons. The second kappa shape index (κ2) is 9.06. The molecular formula is C22H21BrF2N4O. The van der Waals surface area contributed by atoms with Crippen molar-refractivity contribution < 1.29 is 13.6 Å². The number of nitrogens with zero attached hydrogens (tertiary/aromatic N) is 4. The Bertz CT molecular complexity index is 1050. The highest BCUT2D eigenvalue weighted by molar-refractivity contribution is 9.10. The molecule has 3 aromatic rings. The highest BCUT2D eigenvalue weighted by Gasteiger charge is 2.23. The van der Waals surface area contributed by atoms with Crippen molar-refractivity contribution in [3.8, 4) is 0 Å². The molecule has 30 heavy (non-hydrogen) atoms. The lowest BCUT2D eigenvalue weighted by molar-refractivity contribution is 0.0626. The van der Waals surface area contributed by atoms with Gasteiger partial charge in [0.2, 0.25) is 0 Å². The van der Waals surface area contributed by atoms with Gasteiger partial charge in [0.05, 0.1) is 17.2 Å². The summed E-state index contributed by atoms with van der Waals surface area (Å²) >= 11 is 3.38. The normalized spacial score (nSPS) is 14.8. The molecule has 5 nitrogen and oxygen atoms in total. The van der Waals surface area contributed by atoms with Crippen LogP contribution in [0, 0.1) is 11.6 Å². The van der Waals surface area contributed by atoms with Gasteiger partial charge in [-0.05, 0) is 39.7 Å². The van der Waals surface area contributed by atoms with Crippen LogP contribution < -0.4 is 0 Å². The summed E-state index contributed by atoms with van der Waals surface area (Å²) in [7, 11) is 0. The minimum atomic E-state index is -0.830. The molecule has 156 valence electrons. The van der Waals surface area contributed by atoms with Crippen LogP contribution in [0.25, 0.3) is 0 Å². The number of aromatic nitrogens is 2. The smallest absolute Gasteiger partial charge is 0.253 e. The van der Waals surface area contributed by atoms with E-state index in [9.17, 15) is 13.6 Å². The van der Waals surface area contributed by atoms with E-state index in [-0.39, 0.29) is 5.91 Å². The average Bonchev–Trinajstić information content (AvgIpc) is 3.16. The van der Waals surface area contributed by atoms with Crippen molar-refractivity contribution in [2.45, 2.75) is 13.1 Å². The van der Waals surface area contributed by atoms with Crippen LogP contribution in [0.15, 0.2) is 59.3 Å². The average molecular weight is 475 g/mol. The third-order valence-corrected chi connectivity index (χ3v) is 5.61. The zero-order valence-corrected chi connectivity index (χ0v) is 17.9. The van der Waals surface area contributed by atoms with Gasteiger partial charge < -0.3 is 4.90 Å². The van der Waals surface area contributed by atoms with E-state index in [1.165, 1.54) is 6.07 Å². The molecule has 1 aliphatic heterocycles. The summed E-state index contributed by atoms with van der Waals surface area (Å²) in [5, 5.41) is 4.25. The quantitative estimate of drug-likeness (QED) is 0.562. The van der Waals surface area contributed by atoms with Gasteiger partial charge in [0.15, 0.2) is 11.6 Å². The van der Waals surface area contributed by atoms with E-state index in [0.717, 1.165) is 16.1 Å². The van der Waals surface area contributed by atoms with E-state index in [4.69, 9.17) is 0 Å².